The fraction of sp³-hybridized carbons (Fsp3) is 0.857. The summed E-state index contributed by atoms with van der Waals surface area (Å²) in [5.41, 5.74) is 0. The number of hydrogen-bond acceptors (Lipinski definition) is 2. The summed E-state index contributed by atoms with van der Waals surface area (Å²) in [6.07, 6.45) is -2.59. The Labute approximate surface area is 65.5 Å². The SMILES string of the molecule is [CH2]COCC(F)(F)OCCC. The van der Waals surface area contributed by atoms with Gasteiger partial charge in [0.15, 0.2) is 0 Å². The van der Waals surface area contributed by atoms with E-state index in [-0.39, 0.29) is 13.2 Å². The molecule has 4 heteroatoms. The second-order valence-electron chi connectivity index (χ2n) is 2.04. The van der Waals surface area contributed by atoms with Gasteiger partial charge in [-0.1, -0.05) is 6.92 Å². The highest BCUT2D eigenvalue weighted by molar-refractivity contribution is 4.50. The van der Waals surface area contributed by atoms with E-state index < -0.39 is 12.7 Å². The van der Waals surface area contributed by atoms with E-state index in [9.17, 15) is 8.78 Å². The Kier molecular flexibility index (Phi) is 5.32. The molecule has 0 unspecified atom stereocenters. The normalized spacial score (nSPS) is 12.0. The Bertz CT molecular complexity index is 86.4. The third-order valence-electron chi connectivity index (χ3n) is 0.932. The summed E-state index contributed by atoms with van der Waals surface area (Å²) in [6, 6.07) is 0. The molecule has 0 fully saturated rings. The minimum Gasteiger partial charge on any atom is -0.372 e. The van der Waals surface area contributed by atoms with Gasteiger partial charge in [-0.3, -0.25) is 0 Å². The molecule has 0 aromatic heterocycles. The number of ether oxygens (including phenoxy) is 2. The highest BCUT2D eigenvalue weighted by atomic mass is 19.3. The van der Waals surface area contributed by atoms with Crippen LogP contribution in [0.25, 0.3) is 0 Å². The molecule has 0 atom stereocenters. The Morgan fingerprint density at radius 1 is 1.45 bits per heavy atom. The van der Waals surface area contributed by atoms with Gasteiger partial charge in [0, 0.05) is 6.61 Å². The van der Waals surface area contributed by atoms with Crippen molar-refractivity contribution < 1.29 is 18.3 Å². The molecule has 0 rings (SSSR count). The van der Waals surface area contributed by atoms with Crippen molar-refractivity contribution in [1.82, 2.24) is 0 Å². The zero-order valence-electron chi connectivity index (χ0n) is 6.61. The summed E-state index contributed by atoms with van der Waals surface area (Å²) in [7, 11) is 0. The van der Waals surface area contributed by atoms with Gasteiger partial charge >= 0.3 is 6.11 Å². The molecule has 0 aliphatic rings. The third kappa shape index (κ3) is 6.19. The van der Waals surface area contributed by atoms with E-state index >= 15 is 0 Å². The molecule has 11 heavy (non-hydrogen) atoms. The van der Waals surface area contributed by atoms with Crippen molar-refractivity contribution in [2.24, 2.45) is 0 Å². The minimum absolute atomic E-state index is 0.0328. The molecule has 0 aliphatic heterocycles. The summed E-state index contributed by atoms with van der Waals surface area (Å²) in [5, 5.41) is 0. The molecule has 2 nitrogen and oxygen atoms in total. The van der Waals surface area contributed by atoms with Gasteiger partial charge < -0.3 is 9.47 Å². The minimum atomic E-state index is -3.16. The molecule has 0 heterocycles. The molecular formula is C7H13F2O2. The second-order valence-corrected chi connectivity index (χ2v) is 2.04. The topological polar surface area (TPSA) is 18.5 Å². The van der Waals surface area contributed by atoms with E-state index in [1.807, 2.05) is 0 Å². The second kappa shape index (κ2) is 5.43. The molecular weight excluding hydrogens is 154 g/mol. The van der Waals surface area contributed by atoms with Crippen LogP contribution in [0.1, 0.15) is 13.3 Å². The van der Waals surface area contributed by atoms with Crippen LogP contribution < -0.4 is 0 Å². The maximum absolute atomic E-state index is 12.4. The van der Waals surface area contributed by atoms with E-state index in [1.54, 1.807) is 6.92 Å². The molecule has 67 valence electrons. The third-order valence-corrected chi connectivity index (χ3v) is 0.932. The van der Waals surface area contributed by atoms with Crippen LogP contribution in [-0.2, 0) is 9.47 Å². The molecule has 0 saturated carbocycles. The standard InChI is InChI=1S/C7H13F2O2/c1-3-5-11-7(8,9)6-10-4-2/h2-6H2,1H3. The zero-order chi connectivity index (χ0) is 8.74. The first-order valence-electron chi connectivity index (χ1n) is 3.51. The maximum Gasteiger partial charge on any atom is 0.379 e. The summed E-state index contributed by atoms with van der Waals surface area (Å²) in [4.78, 5) is 0. The largest absolute Gasteiger partial charge is 0.379 e. The van der Waals surface area contributed by atoms with E-state index in [4.69, 9.17) is 0 Å². The first kappa shape index (κ1) is 10.8. The van der Waals surface area contributed by atoms with Crippen molar-refractivity contribution in [2.75, 3.05) is 19.8 Å². The molecule has 1 radical (unpaired) electrons. The predicted molar refractivity (Wildman–Crippen MR) is 37.4 cm³/mol. The Balaban J connectivity index is 3.43. The van der Waals surface area contributed by atoms with Crippen LogP contribution in [0.5, 0.6) is 0 Å². The van der Waals surface area contributed by atoms with E-state index in [0.717, 1.165) is 0 Å². The van der Waals surface area contributed by atoms with Gasteiger partial charge in [0.25, 0.3) is 0 Å². The molecule has 0 bridgehead atoms. The van der Waals surface area contributed by atoms with Crippen LogP contribution >= 0.6 is 0 Å². The van der Waals surface area contributed by atoms with Crippen LogP contribution in [0.3, 0.4) is 0 Å². The van der Waals surface area contributed by atoms with Gasteiger partial charge in [0.2, 0.25) is 0 Å². The van der Waals surface area contributed by atoms with Crippen molar-refractivity contribution in [1.29, 1.82) is 0 Å². The lowest BCUT2D eigenvalue weighted by atomic mass is 10.5. The number of alkyl halides is 2. The number of hydrogen-bond donors (Lipinski definition) is 0. The first-order valence-corrected chi connectivity index (χ1v) is 3.51. The van der Waals surface area contributed by atoms with Gasteiger partial charge in [0.1, 0.15) is 6.61 Å². The lowest BCUT2D eigenvalue weighted by Crippen LogP contribution is -2.27. The number of halogens is 2. The van der Waals surface area contributed by atoms with E-state index in [1.165, 1.54) is 0 Å². The van der Waals surface area contributed by atoms with E-state index in [2.05, 4.69) is 16.4 Å². The molecule has 0 spiro atoms. The highest BCUT2D eigenvalue weighted by Crippen LogP contribution is 2.15. The van der Waals surface area contributed by atoms with Gasteiger partial charge in [0.05, 0.1) is 6.61 Å². The quantitative estimate of drug-likeness (QED) is 0.601. The Morgan fingerprint density at radius 3 is 2.55 bits per heavy atom. The van der Waals surface area contributed by atoms with Crippen molar-refractivity contribution in [3.05, 3.63) is 6.92 Å². The lowest BCUT2D eigenvalue weighted by molar-refractivity contribution is -0.262. The van der Waals surface area contributed by atoms with Gasteiger partial charge in [-0.05, 0) is 13.3 Å². The summed E-state index contributed by atoms with van der Waals surface area (Å²) in [6.45, 7) is 4.39. The van der Waals surface area contributed by atoms with Gasteiger partial charge in [-0.2, -0.15) is 8.78 Å². The Morgan fingerprint density at radius 2 is 2.09 bits per heavy atom. The highest BCUT2D eigenvalue weighted by Gasteiger charge is 2.29. The summed E-state index contributed by atoms with van der Waals surface area (Å²) >= 11 is 0. The molecule has 0 N–H and O–H groups in total. The van der Waals surface area contributed by atoms with Crippen molar-refractivity contribution in [2.45, 2.75) is 19.5 Å². The first-order chi connectivity index (χ1) is 5.12. The van der Waals surface area contributed by atoms with Crippen LogP contribution in [-0.4, -0.2) is 25.9 Å². The molecule has 0 saturated heterocycles. The number of rotatable bonds is 6. The maximum atomic E-state index is 12.4. The average molecular weight is 167 g/mol. The van der Waals surface area contributed by atoms with Gasteiger partial charge in [-0.15, -0.1) is 0 Å². The molecule has 0 aromatic rings. The molecule has 0 amide bonds. The molecule has 0 aliphatic carbocycles. The van der Waals surface area contributed by atoms with Crippen LogP contribution in [0.15, 0.2) is 0 Å². The molecule has 0 aromatic carbocycles. The van der Waals surface area contributed by atoms with Crippen LogP contribution in [0.2, 0.25) is 0 Å². The van der Waals surface area contributed by atoms with E-state index in [0.29, 0.717) is 6.42 Å². The van der Waals surface area contributed by atoms with Gasteiger partial charge in [-0.25, -0.2) is 0 Å². The lowest BCUT2D eigenvalue weighted by Gasteiger charge is -2.15. The van der Waals surface area contributed by atoms with Crippen LogP contribution in [0, 0.1) is 6.92 Å². The van der Waals surface area contributed by atoms with Crippen LogP contribution in [0.4, 0.5) is 8.78 Å². The average Bonchev–Trinajstić information content (AvgIpc) is 1.97. The monoisotopic (exact) mass is 167 g/mol. The Hall–Kier alpha value is -0.220. The fourth-order valence-corrected chi connectivity index (χ4v) is 0.484. The zero-order valence-corrected chi connectivity index (χ0v) is 6.61. The van der Waals surface area contributed by atoms with Crippen molar-refractivity contribution in [3.63, 3.8) is 0 Å². The summed E-state index contributed by atoms with van der Waals surface area (Å²) < 4.78 is 33.4. The predicted octanol–water partition coefficient (Wildman–Crippen LogP) is 1.86. The van der Waals surface area contributed by atoms with Crippen molar-refractivity contribution >= 4 is 0 Å². The van der Waals surface area contributed by atoms with Crippen molar-refractivity contribution in [3.8, 4) is 0 Å². The summed E-state index contributed by atoms with van der Waals surface area (Å²) in [5.74, 6) is 0. The smallest absolute Gasteiger partial charge is 0.372 e. The fourth-order valence-electron chi connectivity index (χ4n) is 0.484.